The lowest BCUT2D eigenvalue weighted by atomic mass is 10.0. The summed E-state index contributed by atoms with van der Waals surface area (Å²) in [6.45, 7) is 5.70. The van der Waals surface area contributed by atoms with Gasteiger partial charge in [0, 0.05) is 22.8 Å². The van der Waals surface area contributed by atoms with Crippen molar-refractivity contribution < 1.29 is 14.3 Å². The molecule has 4 rings (SSSR count). The molecule has 0 atom stereocenters. The summed E-state index contributed by atoms with van der Waals surface area (Å²) in [5.74, 6) is -0.808. The summed E-state index contributed by atoms with van der Waals surface area (Å²) in [6.07, 6.45) is 1.76. The molecule has 3 aromatic rings. The summed E-state index contributed by atoms with van der Waals surface area (Å²) < 4.78 is 7.05. The smallest absolute Gasteiger partial charge is 0.340 e. The average Bonchev–Trinajstić information content (AvgIpc) is 3.20. The quantitative estimate of drug-likeness (QED) is 0.386. The molecule has 0 spiro atoms. The fourth-order valence-corrected chi connectivity index (χ4v) is 4.38. The number of benzene rings is 2. The van der Waals surface area contributed by atoms with Crippen molar-refractivity contribution in [1.82, 2.24) is 4.57 Å². The molecule has 0 aliphatic carbocycles. The second-order valence-electron chi connectivity index (χ2n) is 7.60. The Bertz CT molecular complexity index is 1290. The van der Waals surface area contributed by atoms with E-state index >= 15 is 0 Å². The number of esters is 1. The number of para-hydroxylation sites is 2. The molecule has 2 aromatic carbocycles. The number of hydrogen-bond acceptors (Lipinski definition) is 3. The molecule has 0 bridgehead atoms. The fourth-order valence-electron chi connectivity index (χ4n) is 4.16. The summed E-state index contributed by atoms with van der Waals surface area (Å²) in [6, 6.07) is 18.8. The van der Waals surface area contributed by atoms with Gasteiger partial charge >= 0.3 is 5.97 Å². The number of amides is 1. The molecule has 1 aromatic heterocycles. The van der Waals surface area contributed by atoms with E-state index in [4.69, 9.17) is 16.3 Å². The first-order valence-electron chi connectivity index (χ1n) is 10.2. The van der Waals surface area contributed by atoms with Crippen molar-refractivity contribution in [1.29, 1.82) is 0 Å². The molecule has 1 aliphatic rings. The maximum Gasteiger partial charge on any atom is 0.340 e. The number of methoxy groups -OCH3 is 1. The van der Waals surface area contributed by atoms with Crippen LogP contribution in [0.15, 0.2) is 77.5 Å². The fraction of sp³-hybridized carbons (Fsp3) is 0.154. The number of ether oxygens (including phenoxy) is 1. The van der Waals surface area contributed by atoms with E-state index in [9.17, 15) is 9.59 Å². The third-order valence-electron chi connectivity index (χ3n) is 5.67. The molecule has 6 heteroatoms. The van der Waals surface area contributed by atoms with Crippen molar-refractivity contribution in [3.63, 3.8) is 0 Å². The van der Waals surface area contributed by atoms with E-state index in [1.54, 1.807) is 17.9 Å². The van der Waals surface area contributed by atoms with Crippen LogP contribution >= 0.6 is 11.6 Å². The molecule has 0 fully saturated rings. The zero-order valence-corrected chi connectivity index (χ0v) is 19.1. The highest BCUT2D eigenvalue weighted by Crippen LogP contribution is 2.36. The Morgan fingerprint density at radius 2 is 1.66 bits per heavy atom. The summed E-state index contributed by atoms with van der Waals surface area (Å²) in [4.78, 5) is 27.7. The molecule has 32 heavy (non-hydrogen) atoms. The summed E-state index contributed by atoms with van der Waals surface area (Å²) in [5.41, 5.74) is 5.37. The van der Waals surface area contributed by atoms with Crippen molar-refractivity contribution >= 4 is 35.2 Å². The van der Waals surface area contributed by atoms with Crippen LogP contribution in [0.1, 0.15) is 23.9 Å². The molecule has 2 heterocycles. The first-order valence-corrected chi connectivity index (χ1v) is 10.6. The van der Waals surface area contributed by atoms with E-state index in [1.165, 1.54) is 7.11 Å². The zero-order chi connectivity index (χ0) is 23.0. The van der Waals surface area contributed by atoms with Crippen molar-refractivity contribution in [2.24, 2.45) is 0 Å². The number of allylic oxidation sites excluding steroid dienone is 1. The van der Waals surface area contributed by atoms with Crippen LogP contribution in [0.3, 0.4) is 0 Å². The van der Waals surface area contributed by atoms with Crippen molar-refractivity contribution in [2.75, 3.05) is 12.0 Å². The molecule has 1 aliphatic heterocycles. The molecule has 0 unspecified atom stereocenters. The highest BCUT2D eigenvalue weighted by molar-refractivity contribution is 6.32. The number of carbonyl (C=O) groups is 2. The third kappa shape index (κ3) is 3.55. The van der Waals surface area contributed by atoms with Gasteiger partial charge in [-0.2, -0.15) is 0 Å². The topological polar surface area (TPSA) is 51.5 Å². The average molecular weight is 447 g/mol. The zero-order valence-electron chi connectivity index (χ0n) is 18.3. The molecule has 0 N–H and O–H groups in total. The number of aromatic nitrogens is 1. The number of hydrogen-bond donors (Lipinski definition) is 0. The number of rotatable bonds is 4. The Kier molecular flexibility index (Phi) is 5.76. The van der Waals surface area contributed by atoms with Gasteiger partial charge in [0.2, 0.25) is 0 Å². The molecular formula is C26H23ClN2O3. The Morgan fingerprint density at radius 3 is 2.31 bits per heavy atom. The first-order chi connectivity index (χ1) is 15.3. The van der Waals surface area contributed by atoms with E-state index in [2.05, 4.69) is 0 Å². The van der Waals surface area contributed by atoms with Crippen LogP contribution in [-0.4, -0.2) is 23.6 Å². The van der Waals surface area contributed by atoms with Crippen molar-refractivity contribution in [3.05, 3.63) is 99.5 Å². The highest BCUT2D eigenvalue weighted by Gasteiger charge is 2.38. The monoisotopic (exact) mass is 446 g/mol. The van der Waals surface area contributed by atoms with Gasteiger partial charge in [0.1, 0.15) is 0 Å². The molecule has 0 saturated heterocycles. The maximum absolute atomic E-state index is 13.5. The normalized spacial score (nSPS) is 15.1. The van der Waals surface area contributed by atoms with E-state index in [1.807, 2.05) is 79.1 Å². The van der Waals surface area contributed by atoms with Crippen LogP contribution in [0.4, 0.5) is 5.69 Å². The Labute approximate surface area is 192 Å². The van der Waals surface area contributed by atoms with Crippen LogP contribution in [0.2, 0.25) is 5.02 Å². The minimum Gasteiger partial charge on any atom is -0.465 e. The Hall–Kier alpha value is -3.57. The Morgan fingerprint density at radius 1 is 1.00 bits per heavy atom. The van der Waals surface area contributed by atoms with Gasteiger partial charge in [-0.1, -0.05) is 41.9 Å². The van der Waals surface area contributed by atoms with E-state index in [-0.39, 0.29) is 11.5 Å². The van der Waals surface area contributed by atoms with Crippen LogP contribution in [0.5, 0.6) is 0 Å². The van der Waals surface area contributed by atoms with Gasteiger partial charge < -0.3 is 9.30 Å². The summed E-state index contributed by atoms with van der Waals surface area (Å²) in [7, 11) is 1.32. The van der Waals surface area contributed by atoms with Crippen molar-refractivity contribution in [3.8, 4) is 5.69 Å². The van der Waals surface area contributed by atoms with Crippen molar-refractivity contribution in [2.45, 2.75) is 20.8 Å². The van der Waals surface area contributed by atoms with Gasteiger partial charge in [-0.25, -0.2) is 4.79 Å². The largest absolute Gasteiger partial charge is 0.465 e. The number of nitrogens with zero attached hydrogens (tertiary/aromatic N) is 2. The highest BCUT2D eigenvalue weighted by atomic mass is 35.5. The minimum atomic E-state index is -0.541. The Balaban J connectivity index is 1.87. The van der Waals surface area contributed by atoms with E-state index < -0.39 is 5.97 Å². The predicted octanol–water partition coefficient (Wildman–Crippen LogP) is 5.62. The third-order valence-corrected chi connectivity index (χ3v) is 5.99. The summed E-state index contributed by atoms with van der Waals surface area (Å²) in [5, 5.41) is 0.631. The number of anilines is 1. The number of halogens is 1. The second-order valence-corrected chi connectivity index (χ2v) is 8.01. The van der Waals surface area contributed by atoms with Gasteiger partial charge in [-0.15, -0.1) is 0 Å². The van der Waals surface area contributed by atoms with Gasteiger partial charge in [0.25, 0.3) is 5.91 Å². The van der Waals surface area contributed by atoms with E-state index in [0.29, 0.717) is 22.0 Å². The lowest BCUT2D eigenvalue weighted by molar-refractivity contribution is -0.136. The van der Waals surface area contributed by atoms with Gasteiger partial charge in [-0.05, 0) is 62.7 Å². The number of carbonyl (C=O) groups excluding carboxylic acids is 2. The minimum absolute atomic E-state index is 0.267. The van der Waals surface area contributed by atoms with Gasteiger partial charge in [0.15, 0.2) is 0 Å². The molecule has 162 valence electrons. The van der Waals surface area contributed by atoms with Gasteiger partial charge in [0.05, 0.1) is 29.0 Å². The first kappa shape index (κ1) is 21.7. The van der Waals surface area contributed by atoms with Crippen LogP contribution < -0.4 is 4.90 Å². The van der Waals surface area contributed by atoms with Crippen LogP contribution in [0, 0.1) is 13.8 Å². The lowest BCUT2D eigenvalue weighted by Gasteiger charge is -2.17. The molecule has 5 nitrogen and oxygen atoms in total. The number of aryl methyl sites for hydroxylation is 1. The maximum atomic E-state index is 13.5. The van der Waals surface area contributed by atoms with E-state index in [0.717, 1.165) is 22.6 Å². The van der Waals surface area contributed by atoms with Gasteiger partial charge in [-0.3, -0.25) is 9.69 Å². The van der Waals surface area contributed by atoms with Crippen LogP contribution in [0.25, 0.3) is 11.8 Å². The predicted molar refractivity (Wildman–Crippen MR) is 127 cm³/mol. The second kappa shape index (κ2) is 8.52. The molecule has 0 saturated carbocycles. The van der Waals surface area contributed by atoms with Crippen LogP contribution in [-0.2, 0) is 14.3 Å². The molecule has 0 radical (unpaired) electrons. The molecule has 1 amide bonds. The summed E-state index contributed by atoms with van der Waals surface area (Å²) >= 11 is 6.43. The SMILES string of the molecule is COC(=O)C1=C(C)N(c2ccccc2)C(=O)/C1=C\c1cc(C)n(-c2ccccc2Cl)c1C. The lowest BCUT2D eigenvalue weighted by Crippen LogP contribution is -2.24. The molecular weight excluding hydrogens is 424 g/mol. The standard InChI is InChI=1S/C26H23ClN2O3/c1-16-14-19(17(2)28(16)23-13-9-8-12-22(23)27)15-21-24(26(31)32-4)18(3)29(25(21)30)20-10-6-5-7-11-20/h5-15H,1-4H3/b21-15-.